The molecule has 0 aromatic rings. The number of carbonyl (C=O) groups is 1. The number of aliphatic hydroxyl groups excluding tert-OH is 1. The highest BCUT2D eigenvalue weighted by atomic mass is 35.5. The molecule has 0 radical (unpaired) electrons. The number of halogens is 1. The number of aliphatic hydroxyl groups is 1. The fourth-order valence-corrected chi connectivity index (χ4v) is 0.720. The van der Waals surface area contributed by atoms with E-state index in [1.54, 1.807) is 6.92 Å². The minimum Gasteiger partial charge on any atom is -0.392 e. The zero-order chi connectivity index (χ0) is 7.98. The van der Waals surface area contributed by atoms with Gasteiger partial charge in [0.05, 0.1) is 6.10 Å². The van der Waals surface area contributed by atoms with Crippen molar-refractivity contribution in [3.63, 3.8) is 0 Å². The number of rotatable bonds is 4. The molecular weight excluding hydrogens is 152 g/mol. The van der Waals surface area contributed by atoms with E-state index in [4.69, 9.17) is 16.7 Å². The predicted molar refractivity (Wildman–Crippen MR) is 41.2 cm³/mol. The van der Waals surface area contributed by atoms with Gasteiger partial charge in [-0.1, -0.05) is 5.57 Å². The van der Waals surface area contributed by atoms with Gasteiger partial charge in [-0.05, 0) is 19.4 Å². The lowest BCUT2D eigenvalue weighted by atomic mass is 10.1. The second-order valence-electron chi connectivity index (χ2n) is 2.16. The van der Waals surface area contributed by atoms with E-state index in [2.05, 4.69) is 0 Å². The van der Waals surface area contributed by atoms with Crippen LogP contribution in [0.5, 0.6) is 0 Å². The van der Waals surface area contributed by atoms with Crippen LogP contribution in [0.15, 0.2) is 11.6 Å². The van der Waals surface area contributed by atoms with Crippen LogP contribution >= 0.6 is 11.6 Å². The second-order valence-corrected chi connectivity index (χ2v) is 2.47. The summed E-state index contributed by atoms with van der Waals surface area (Å²) in [6.45, 7) is 1.78. The van der Waals surface area contributed by atoms with Crippen molar-refractivity contribution >= 4 is 17.9 Å². The summed E-state index contributed by atoms with van der Waals surface area (Å²) in [7, 11) is 0. The van der Waals surface area contributed by atoms with Crippen LogP contribution < -0.4 is 0 Å². The van der Waals surface area contributed by atoms with Crippen molar-refractivity contribution in [2.45, 2.75) is 19.4 Å². The summed E-state index contributed by atoms with van der Waals surface area (Å²) in [5.74, 6) is 0.212. The highest BCUT2D eigenvalue weighted by Crippen LogP contribution is 2.04. The lowest BCUT2D eigenvalue weighted by Gasteiger charge is -2.04. The first-order valence-electron chi connectivity index (χ1n) is 3.05. The number of hydrogen-bond acceptors (Lipinski definition) is 2. The highest BCUT2D eigenvalue weighted by molar-refractivity contribution is 6.18. The van der Waals surface area contributed by atoms with Gasteiger partial charge in [-0.25, -0.2) is 0 Å². The second kappa shape index (κ2) is 5.45. The number of hydrogen-bond donors (Lipinski definition) is 1. The van der Waals surface area contributed by atoms with Crippen LogP contribution in [-0.2, 0) is 4.79 Å². The monoisotopic (exact) mass is 162 g/mol. The Morgan fingerprint density at radius 2 is 2.40 bits per heavy atom. The van der Waals surface area contributed by atoms with E-state index >= 15 is 0 Å². The van der Waals surface area contributed by atoms with Crippen molar-refractivity contribution in [2.75, 3.05) is 5.88 Å². The van der Waals surface area contributed by atoms with Crippen LogP contribution in [0, 0.1) is 0 Å². The quantitative estimate of drug-likeness (QED) is 0.382. The average molecular weight is 163 g/mol. The molecule has 0 amide bonds. The van der Waals surface area contributed by atoms with Crippen molar-refractivity contribution in [3.8, 4) is 0 Å². The first-order chi connectivity index (χ1) is 4.70. The topological polar surface area (TPSA) is 37.3 Å². The summed E-state index contributed by atoms with van der Waals surface area (Å²) in [6, 6.07) is 0. The molecule has 0 bridgehead atoms. The summed E-state index contributed by atoms with van der Waals surface area (Å²) in [6.07, 6.45) is 2.08. The van der Waals surface area contributed by atoms with Crippen LogP contribution in [0.25, 0.3) is 0 Å². The Balaban J connectivity index is 3.66. The van der Waals surface area contributed by atoms with E-state index in [0.29, 0.717) is 12.7 Å². The molecular formula is C7H11ClO2. The molecule has 0 saturated heterocycles. The highest BCUT2D eigenvalue weighted by Gasteiger charge is 2.01. The van der Waals surface area contributed by atoms with Gasteiger partial charge in [-0.3, -0.25) is 4.79 Å². The van der Waals surface area contributed by atoms with Crippen molar-refractivity contribution in [1.82, 2.24) is 0 Å². The summed E-state index contributed by atoms with van der Waals surface area (Å²) < 4.78 is 0. The Labute approximate surface area is 65.5 Å². The van der Waals surface area contributed by atoms with Crippen molar-refractivity contribution in [2.24, 2.45) is 0 Å². The zero-order valence-corrected chi connectivity index (χ0v) is 6.64. The smallest absolute Gasteiger partial charge is 0.142 e. The maximum absolute atomic E-state index is 9.89. The fraction of sp³-hybridized carbons (Fsp3) is 0.571. The molecule has 3 heteroatoms. The minimum absolute atomic E-state index is 0.212. The normalized spacial score (nSPS) is 14.9. The molecule has 0 aliphatic rings. The molecule has 58 valence electrons. The van der Waals surface area contributed by atoms with Crippen molar-refractivity contribution in [3.05, 3.63) is 11.6 Å². The number of alkyl halides is 1. The molecule has 1 unspecified atom stereocenters. The van der Waals surface area contributed by atoms with E-state index in [1.165, 1.54) is 6.08 Å². The summed E-state index contributed by atoms with van der Waals surface area (Å²) in [4.78, 5) is 9.89. The average Bonchev–Trinajstić information content (AvgIpc) is 1.88. The predicted octanol–water partition coefficient (Wildman–Crippen LogP) is 1.12. The van der Waals surface area contributed by atoms with Gasteiger partial charge in [-0.2, -0.15) is 0 Å². The van der Waals surface area contributed by atoms with Crippen molar-refractivity contribution < 1.29 is 9.90 Å². The van der Waals surface area contributed by atoms with Crippen LogP contribution in [0.3, 0.4) is 0 Å². The summed E-state index contributed by atoms with van der Waals surface area (Å²) in [5, 5.41) is 8.97. The Morgan fingerprint density at radius 1 is 1.80 bits per heavy atom. The first kappa shape index (κ1) is 9.66. The Kier molecular flexibility index (Phi) is 5.26. The molecule has 2 nitrogen and oxygen atoms in total. The number of carbonyl (C=O) groups excluding carboxylic acids is 1. The van der Waals surface area contributed by atoms with Crippen LogP contribution in [-0.4, -0.2) is 23.4 Å². The minimum atomic E-state index is -0.530. The van der Waals surface area contributed by atoms with Gasteiger partial charge in [0.2, 0.25) is 0 Å². The van der Waals surface area contributed by atoms with Gasteiger partial charge >= 0.3 is 0 Å². The molecule has 10 heavy (non-hydrogen) atoms. The Bertz CT molecular complexity index is 132. The molecule has 0 saturated carbocycles. The van der Waals surface area contributed by atoms with E-state index in [1.807, 2.05) is 0 Å². The van der Waals surface area contributed by atoms with Crippen LogP contribution in [0.1, 0.15) is 13.3 Å². The molecule has 0 aromatic heterocycles. The third-order valence-corrected chi connectivity index (χ3v) is 1.44. The van der Waals surface area contributed by atoms with Gasteiger partial charge < -0.3 is 5.11 Å². The van der Waals surface area contributed by atoms with Gasteiger partial charge in [0, 0.05) is 5.88 Å². The molecule has 0 aromatic carbocycles. The lowest BCUT2D eigenvalue weighted by Crippen LogP contribution is -2.08. The molecule has 0 aliphatic heterocycles. The van der Waals surface area contributed by atoms with E-state index in [-0.39, 0.29) is 5.88 Å². The Hall–Kier alpha value is -0.340. The summed E-state index contributed by atoms with van der Waals surface area (Å²) in [5.41, 5.74) is 0.850. The van der Waals surface area contributed by atoms with Crippen molar-refractivity contribution in [1.29, 1.82) is 0 Å². The third-order valence-electron chi connectivity index (χ3n) is 1.09. The molecule has 0 spiro atoms. The van der Waals surface area contributed by atoms with E-state index < -0.39 is 6.10 Å². The standard InChI is InChI=1S/C7H11ClO2/c1-6(2-3-9)4-7(10)5-8/h2-3,7,10H,4-5H2,1H3. The fourth-order valence-electron chi connectivity index (χ4n) is 0.610. The number of allylic oxidation sites excluding steroid dienone is 1. The largest absolute Gasteiger partial charge is 0.392 e. The zero-order valence-electron chi connectivity index (χ0n) is 5.88. The maximum Gasteiger partial charge on any atom is 0.142 e. The van der Waals surface area contributed by atoms with E-state index in [9.17, 15) is 4.79 Å². The molecule has 0 fully saturated rings. The molecule has 1 atom stereocenters. The first-order valence-corrected chi connectivity index (χ1v) is 3.59. The van der Waals surface area contributed by atoms with Gasteiger partial charge in [0.15, 0.2) is 0 Å². The molecule has 0 aliphatic carbocycles. The molecule has 0 rings (SSSR count). The third kappa shape index (κ3) is 4.53. The lowest BCUT2D eigenvalue weighted by molar-refractivity contribution is -0.104. The van der Waals surface area contributed by atoms with Crippen LogP contribution in [0.2, 0.25) is 0 Å². The maximum atomic E-state index is 9.89. The Morgan fingerprint density at radius 3 is 2.80 bits per heavy atom. The van der Waals surface area contributed by atoms with Crippen LogP contribution in [0.4, 0.5) is 0 Å². The van der Waals surface area contributed by atoms with Gasteiger partial charge in [0.25, 0.3) is 0 Å². The van der Waals surface area contributed by atoms with E-state index in [0.717, 1.165) is 5.57 Å². The number of aldehydes is 1. The summed E-state index contributed by atoms with van der Waals surface area (Å²) >= 11 is 5.33. The van der Waals surface area contributed by atoms with Gasteiger partial charge in [0.1, 0.15) is 6.29 Å². The van der Waals surface area contributed by atoms with Gasteiger partial charge in [-0.15, -0.1) is 11.6 Å². The molecule has 1 N–H and O–H groups in total. The SMILES string of the molecule is CC(=CC=O)CC(O)CCl. The molecule has 0 heterocycles.